The quantitative estimate of drug-likeness (QED) is 0.813. The SMILES string of the molecule is CC(C)Cc1ccc2c(c1)Oc1ccc(Br)cc1C21N=C(N)N(C)C1=O. The number of carbonyl (C=O) groups is 1. The highest BCUT2D eigenvalue weighted by molar-refractivity contribution is 9.10. The maximum Gasteiger partial charge on any atom is 0.266 e. The molecule has 26 heavy (non-hydrogen) atoms. The van der Waals surface area contributed by atoms with Gasteiger partial charge in [0.05, 0.1) is 0 Å². The molecule has 2 aliphatic rings. The molecule has 134 valence electrons. The van der Waals surface area contributed by atoms with Gasteiger partial charge in [-0.1, -0.05) is 41.9 Å². The van der Waals surface area contributed by atoms with Gasteiger partial charge in [-0.2, -0.15) is 0 Å². The van der Waals surface area contributed by atoms with Crippen LogP contribution in [-0.2, 0) is 16.8 Å². The lowest BCUT2D eigenvalue weighted by Crippen LogP contribution is -2.42. The normalized spacial score (nSPS) is 20.9. The molecule has 1 spiro atoms. The summed E-state index contributed by atoms with van der Waals surface area (Å²) >= 11 is 3.49. The van der Waals surface area contributed by atoms with E-state index in [1.54, 1.807) is 7.05 Å². The molecule has 4 rings (SSSR count). The number of ether oxygens (including phenoxy) is 1. The van der Waals surface area contributed by atoms with E-state index < -0.39 is 5.54 Å². The van der Waals surface area contributed by atoms with Crippen LogP contribution in [0.5, 0.6) is 11.5 Å². The van der Waals surface area contributed by atoms with Crippen LogP contribution >= 0.6 is 15.9 Å². The van der Waals surface area contributed by atoms with Crippen LogP contribution in [0.4, 0.5) is 0 Å². The largest absolute Gasteiger partial charge is 0.457 e. The lowest BCUT2D eigenvalue weighted by molar-refractivity contribution is -0.129. The molecule has 1 unspecified atom stereocenters. The number of carbonyl (C=O) groups excluding carboxylic acids is 1. The minimum Gasteiger partial charge on any atom is -0.457 e. The molecule has 1 amide bonds. The smallest absolute Gasteiger partial charge is 0.266 e. The van der Waals surface area contributed by atoms with Gasteiger partial charge in [0, 0.05) is 22.6 Å². The Labute approximate surface area is 161 Å². The molecule has 0 radical (unpaired) electrons. The molecule has 6 heteroatoms. The van der Waals surface area contributed by atoms with Crippen LogP contribution in [0, 0.1) is 5.92 Å². The Balaban J connectivity index is 1.98. The van der Waals surface area contributed by atoms with Crippen LogP contribution < -0.4 is 10.5 Å². The highest BCUT2D eigenvalue weighted by atomic mass is 79.9. The van der Waals surface area contributed by atoms with Crippen molar-refractivity contribution in [3.05, 3.63) is 57.6 Å². The van der Waals surface area contributed by atoms with Crippen molar-refractivity contribution in [1.82, 2.24) is 4.90 Å². The number of benzene rings is 2. The van der Waals surface area contributed by atoms with Crippen LogP contribution in [0.15, 0.2) is 45.9 Å². The zero-order valence-corrected chi connectivity index (χ0v) is 16.5. The van der Waals surface area contributed by atoms with E-state index in [-0.39, 0.29) is 11.9 Å². The maximum absolute atomic E-state index is 13.3. The monoisotopic (exact) mass is 413 g/mol. The van der Waals surface area contributed by atoms with Crippen molar-refractivity contribution in [1.29, 1.82) is 0 Å². The van der Waals surface area contributed by atoms with Gasteiger partial charge in [-0.25, -0.2) is 4.99 Å². The van der Waals surface area contributed by atoms with Crippen molar-refractivity contribution >= 4 is 27.8 Å². The molecule has 5 nitrogen and oxygen atoms in total. The van der Waals surface area contributed by atoms with Crippen LogP contribution in [0.1, 0.15) is 30.5 Å². The second-order valence-corrected chi connectivity index (χ2v) is 8.13. The molecule has 0 fully saturated rings. The molecule has 0 saturated carbocycles. The molecule has 0 saturated heterocycles. The third kappa shape index (κ3) is 2.35. The molecule has 1 atom stereocenters. The zero-order valence-electron chi connectivity index (χ0n) is 14.9. The molecule has 2 aliphatic heterocycles. The Morgan fingerprint density at radius 2 is 1.96 bits per heavy atom. The standard InChI is InChI=1S/C20H20BrN3O2/c1-11(2)8-12-4-6-14-17(9-12)26-16-7-5-13(21)10-15(16)20(14)18(25)24(3)19(22)23-20/h4-7,9-11H,8H2,1-3H3,(H2,22,23). The Hall–Kier alpha value is -2.34. The number of halogens is 1. The fourth-order valence-electron chi connectivity index (χ4n) is 3.68. The number of amides is 1. The van der Waals surface area contributed by atoms with E-state index >= 15 is 0 Å². The number of guanidine groups is 1. The molecule has 2 aromatic rings. The van der Waals surface area contributed by atoms with Crippen molar-refractivity contribution in [3.8, 4) is 11.5 Å². The van der Waals surface area contributed by atoms with Crippen LogP contribution in [-0.4, -0.2) is 23.8 Å². The minimum absolute atomic E-state index is 0.171. The van der Waals surface area contributed by atoms with Crippen LogP contribution in [0.2, 0.25) is 0 Å². The topological polar surface area (TPSA) is 67.9 Å². The van der Waals surface area contributed by atoms with Gasteiger partial charge in [0.25, 0.3) is 5.91 Å². The van der Waals surface area contributed by atoms with E-state index in [0.717, 1.165) is 16.5 Å². The highest BCUT2D eigenvalue weighted by Gasteiger charge is 2.54. The number of hydrogen-bond donors (Lipinski definition) is 1. The number of nitrogens with two attached hydrogens (primary N) is 1. The number of fused-ring (bicyclic) bond motifs is 4. The van der Waals surface area contributed by atoms with Crippen molar-refractivity contribution in [3.63, 3.8) is 0 Å². The van der Waals surface area contributed by atoms with Crippen molar-refractivity contribution in [2.45, 2.75) is 25.8 Å². The summed E-state index contributed by atoms with van der Waals surface area (Å²) in [6.07, 6.45) is 0.941. The van der Waals surface area contributed by atoms with E-state index in [2.05, 4.69) is 34.8 Å². The molecule has 0 bridgehead atoms. The highest BCUT2D eigenvalue weighted by Crippen LogP contribution is 2.52. The molecule has 0 aromatic heterocycles. The third-order valence-corrected chi connectivity index (χ3v) is 5.36. The van der Waals surface area contributed by atoms with Crippen molar-refractivity contribution < 1.29 is 9.53 Å². The zero-order chi connectivity index (χ0) is 18.6. The van der Waals surface area contributed by atoms with E-state index in [9.17, 15) is 4.79 Å². The Morgan fingerprint density at radius 3 is 2.62 bits per heavy atom. The molecular weight excluding hydrogens is 394 g/mol. The molecule has 2 aromatic carbocycles. The minimum atomic E-state index is -1.19. The number of rotatable bonds is 2. The van der Waals surface area contributed by atoms with Gasteiger partial charge < -0.3 is 10.5 Å². The lowest BCUT2D eigenvalue weighted by Gasteiger charge is -2.33. The summed E-state index contributed by atoms with van der Waals surface area (Å²) in [5.41, 5.74) is 7.44. The van der Waals surface area contributed by atoms with Gasteiger partial charge in [-0.05, 0) is 42.2 Å². The number of hydrogen-bond acceptors (Lipinski definition) is 4. The van der Waals surface area contributed by atoms with Crippen LogP contribution in [0.3, 0.4) is 0 Å². The maximum atomic E-state index is 13.3. The van der Waals surface area contributed by atoms with Gasteiger partial charge >= 0.3 is 0 Å². The molecule has 0 aliphatic carbocycles. The summed E-state index contributed by atoms with van der Waals surface area (Å²) in [6, 6.07) is 11.6. The second-order valence-electron chi connectivity index (χ2n) is 7.22. The first-order valence-electron chi connectivity index (χ1n) is 8.57. The average Bonchev–Trinajstić information content (AvgIpc) is 2.80. The Morgan fingerprint density at radius 1 is 1.19 bits per heavy atom. The number of nitrogens with zero attached hydrogens (tertiary/aromatic N) is 2. The summed E-state index contributed by atoms with van der Waals surface area (Å²) in [4.78, 5) is 19.3. The van der Waals surface area contributed by atoms with Crippen molar-refractivity contribution in [2.24, 2.45) is 16.6 Å². The molecule has 2 N–H and O–H groups in total. The summed E-state index contributed by atoms with van der Waals surface area (Å²) in [5.74, 6) is 1.86. The Bertz CT molecular complexity index is 954. The van der Waals surface area contributed by atoms with Gasteiger partial charge in [0.2, 0.25) is 5.54 Å². The predicted molar refractivity (Wildman–Crippen MR) is 104 cm³/mol. The van der Waals surface area contributed by atoms with E-state index in [1.807, 2.05) is 36.4 Å². The predicted octanol–water partition coefficient (Wildman–Crippen LogP) is 3.78. The first kappa shape index (κ1) is 17.1. The summed E-state index contributed by atoms with van der Waals surface area (Å²) in [6.45, 7) is 4.35. The number of aliphatic imine (C=N–C) groups is 1. The number of likely N-dealkylation sites (N-methyl/N-ethyl adjacent to an activating group) is 1. The van der Waals surface area contributed by atoms with Gasteiger partial charge in [0.15, 0.2) is 5.96 Å². The third-order valence-electron chi connectivity index (χ3n) is 4.87. The summed E-state index contributed by atoms with van der Waals surface area (Å²) in [7, 11) is 1.65. The fourth-order valence-corrected chi connectivity index (χ4v) is 4.04. The first-order chi connectivity index (χ1) is 12.3. The van der Waals surface area contributed by atoms with Gasteiger partial charge in [-0.15, -0.1) is 0 Å². The van der Waals surface area contributed by atoms with E-state index in [4.69, 9.17) is 10.5 Å². The van der Waals surface area contributed by atoms with Crippen molar-refractivity contribution in [2.75, 3.05) is 7.05 Å². The summed E-state index contributed by atoms with van der Waals surface area (Å²) < 4.78 is 7.02. The second kappa shape index (κ2) is 5.84. The fraction of sp³-hybridized carbons (Fsp3) is 0.300. The molecular formula is C20H20BrN3O2. The Kier molecular flexibility index (Phi) is 3.84. The lowest BCUT2D eigenvalue weighted by atomic mass is 9.79. The average molecular weight is 414 g/mol. The van der Waals surface area contributed by atoms with Crippen LogP contribution in [0.25, 0.3) is 0 Å². The van der Waals surface area contributed by atoms with E-state index in [0.29, 0.717) is 23.0 Å². The molecule has 2 heterocycles. The van der Waals surface area contributed by atoms with E-state index in [1.165, 1.54) is 10.5 Å². The first-order valence-corrected chi connectivity index (χ1v) is 9.37. The van der Waals surface area contributed by atoms with Gasteiger partial charge in [-0.3, -0.25) is 9.69 Å². The summed E-state index contributed by atoms with van der Waals surface area (Å²) in [5, 5.41) is 0. The van der Waals surface area contributed by atoms with Gasteiger partial charge in [0.1, 0.15) is 11.5 Å².